The van der Waals surface area contributed by atoms with Gasteiger partial charge in [-0.15, -0.1) is 0 Å². The van der Waals surface area contributed by atoms with Crippen molar-refractivity contribution in [2.24, 2.45) is 0 Å². The van der Waals surface area contributed by atoms with Crippen LogP contribution in [0.25, 0.3) is 0 Å². The molecular weight excluding hydrogens is 358 g/mol. The van der Waals surface area contributed by atoms with E-state index in [1.165, 1.54) is 18.3 Å². The number of urea groups is 1. The van der Waals surface area contributed by atoms with Crippen LogP contribution in [0.15, 0.2) is 79.0 Å². The van der Waals surface area contributed by atoms with E-state index in [9.17, 15) is 14.4 Å². The Morgan fingerprint density at radius 3 is 2.00 bits per heavy atom. The number of amides is 4. The molecule has 0 atom stereocenters. The largest absolute Gasteiger partial charge is 0.337 e. The summed E-state index contributed by atoms with van der Waals surface area (Å²) in [5, 5.41) is 5.27. The summed E-state index contributed by atoms with van der Waals surface area (Å²) in [6.07, 6.45) is 1.53. The first-order valence-electron chi connectivity index (χ1n) is 8.36. The Labute approximate surface area is 161 Å². The first-order chi connectivity index (χ1) is 13.6. The molecule has 8 nitrogen and oxygen atoms in total. The summed E-state index contributed by atoms with van der Waals surface area (Å²) in [5.74, 6) is -0.845. The number of aromatic nitrogens is 1. The monoisotopic (exact) mass is 375 g/mol. The third-order valence-corrected chi connectivity index (χ3v) is 3.62. The zero-order valence-corrected chi connectivity index (χ0v) is 14.7. The number of nitrogens with one attached hydrogen (secondary N) is 4. The molecule has 0 bridgehead atoms. The molecular formula is C20H17N5O3. The van der Waals surface area contributed by atoms with Crippen molar-refractivity contribution < 1.29 is 14.4 Å². The Balaban J connectivity index is 1.51. The lowest BCUT2D eigenvalue weighted by atomic mass is 10.2. The second-order valence-corrected chi connectivity index (χ2v) is 5.65. The second kappa shape index (κ2) is 8.95. The summed E-state index contributed by atoms with van der Waals surface area (Å²) in [5.41, 5.74) is 6.30. The third kappa shape index (κ3) is 5.15. The van der Waals surface area contributed by atoms with Crippen molar-refractivity contribution >= 4 is 29.2 Å². The molecule has 2 aromatic carbocycles. The van der Waals surface area contributed by atoms with Crippen LogP contribution in [0.2, 0.25) is 0 Å². The number of anilines is 2. The number of rotatable bonds is 4. The van der Waals surface area contributed by atoms with Crippen LogP contribution in [-0.4, -0.2) is 22.8 Å². The van der Waals surface area contributed by atoms with Crippen molar-refractivity contribution in [2.45, 2.75) is 0 Å². The molecule has 0 aliphatic rings. The minimum atomic E-state index is -0.571. The van der Waals surface area contributed by atoms with E-state index >= 15 is 0 Å². The Morgan fingerprint density at radius 2 is 1.32 bits per heavy atom. The summed E-state index contributed by atoms with van der Waals surface area (Å²) in [4.78, 5) is 39.9. The molecule has 3 aromatic rings. The summed E-state index contributed by atoms with van der Waals surface area (Å²) in [6, 6.07) is 19.5. The summed E-state index contributed by atoms with van der Waals surface area (Å²) >= 11 is 0. The number of carbonyl (C=O) groups is 3. The second-order valence-electron chi connectivity index (χ2n) is 5.65. The number of nitrogens with zero attached hydrogens (tertiary/aromatic N) is 1. The number of pyridine rings is 1. The topological polar surface area (TPSA) is 112 Å². The van der Waals surface area contributed by atoms with E-state index in [2.05, 4.69) is 26.5 Å². The molecule has 8 heteroatoms. The van der Waals surface area contributed by atoms with Crippen molar-refractivity contribution in [1.82, 2.24) is 15.8 Å². The molecule has 0 saturated heterocycles. The maximum atomic E-state index is 12.1. The molecule has 1 aromatic heterocycles. The van der Waals surface area contributed by atoms with Gasteiger partial charge in [-0.2, -0.15) is 0 Å². The third-order valence-electron chi connectivity index (χ3n) is 3.62. The lowest BCUT2D eigenvalue weighted by molar-refractivity contribution is 0.0937. The molecule has 28 heavy (non-hydrogen) atoms. The van der Waals surface area contributed by atoms with Gasteiger partial charge in [-0.25, -0.2) is 10.2 Å². The highest BCUT2D eigenvalue weighted by Crippen LogP contribution is 2.11. The molecule has 4 amide bonds. The van der Waals surface area contributed by atoms with Crippen LogP contribution in [0.1, 0.15) is 20.8 Å². The van der Waals surface area contributed by atoms with Gasteiger partial charge in [0.1, 0.15) is 5.69 Å². The molecule has 0 fully saturated rings. The highest BCUT2D eigenvalue weighted by molar-refractivity contribution is 6.03. The van der Waals surface area contributed by atoms with Crippen LogP contribution in [0.4, 0.5) is 16.2 Å². The highest BCUT2D eigenvalue weighted by Gasteiger charge is 2.09. The van der Waals surface area contributed by atoms with Gasteiger partial charge >= 0.3 is 6.03 Å². The molecule has 140 valence electrons. The summed E-state index contributed by atoms with van der Waals surface area (Å²) in [7, 11) is 0. The van der Waals surface area contributed by atoms with E-state index in [1.54, 1.807) is 54.6 Å². The number of para-hydroxylation sites is 1. The van der Waals surface area contributed by atoms with E-state index in [-0.39, 0.29) is 11.6 Å². The predicted molar refractivity (Wildman–Crippen MR) is 105 cm³/mol. The predicted octanol–water partition coefficient (Wildman–Crippen LogP) is 2.80. The zero-order chi connectivity index (χ0) is 19.8. The van der Waals surface area contributed by atoms with Crippen LogP contribution in [-0.2, 0) is 0 Å². The van der Waals surface area contributed by atoms with Crippen molar-refractivity contribution in [3.05, 3.63) is 90.3 Å². The highest BCUT2D eigenvalue weighted by atomic mass is 16.2. The molecule has 0 saturated carbocycles. The smallest absolute Gasteiger partial charge is 0.321 e. The molecule has 0 aliphatic heterocycles. The van der Waals surface area contributed by atoms with Gasteiger partial charge in [0.15, 0.2) is 0 Å². The minimum absolute atomic E-state index is 0.290. The van der Waals surface area contributed by atoms with Gasteiger partial charge in [-0.3, -0.25) is 20.0 Å². The zero-order valence-electron chi connectivity index (χ0n) is 14.7. The van der Waals surface area contributed by atoms with Gasteiger partial charge in [0.05, 0.1) is 0 Å². The first-order valence-corrected chi connectivity index (χ1v) is 8.36. The molecule has 0 spiro atoms. The lowest BCUT2D eigenvalue weighted by Crippen LogP contribution is -2.43. The standard InChI is InChI=1S/C20H17N5O3/c26-18(24-25-20(28)23-15-6-2-1-3-7-15)14-9-11-16(12-10-14)22-19(27)17-8-4-5-13-21-17/h1-13H,(H,22,27)(H,24,26)(H2,23,25,28). The lowest BCUT2D eigenvalue weighted by Gasteiger charge is -2.09. The van der Waals surface area contributed by atoms with Crippen molar-refractivity contribution in [2.75, 3.05) is 10.6 Å². The number of hydrogen-bond donors (Lipinski definition) is 4. The summed E-state index contributed by atoms with van der Waals surface area (Å²) in [6.45, 7) is 0. The normalized spacial score (nSPS) is 9.86. The van der Waals surface area contributed by atoms with Gasteiger partial charge < -0.3 is 10.6 Å². The maximum absolute atomic E-state index is 12.1. The number of carbonyl (C=O) groups excluding carboxylic acids is 3. The molecule has 0 unspecified atom stereocenters. The fourth-order valence-electron chi connectivity index (χ4n) is 2.27. The van der Waals surface area contributed by atoms with E-state index < -0.39 is 11.9 Å². The fourth-order valence-corrected chi connectivity index (χ4v) is 2.27. The van der Waals surface area contributed by atoms with Crippen molar-refractivity contribution in [3.8, 4) is 0 Å². The first kappa shape index (κ1) is 18.6. The minimum Gasteiger partial charge on any atom is -0.321 e. The van der Waals surface area contributed by atoms with E-state index in [1.807, 2.05) is 6.07 Å². The number of hydrazine groups is 1. The van der Waals surface area contributed by atoms with Gasteiger partial charge in [0.25, 0.3) is 11.8 Å². The van der Waals surface area contributed by atoms with E-state index in [4.69, 9.17) is 0 Å². The Kier molecular flexibility index (Phi) is 5.94. The van der Waals surface area contributed by atoms with Crippen LogP contribution >= 0.6 is 0 Å². The van der Waals surface area contributed by atoms with Gasteiger partial charge in [-0.05, 0) is 48.5 Å². The average Bonchev–Trinajstić information content (AvgIpc) is 2.74. The van der Waals surface area contributed by atoms with E-state index in [0.29, 0.717) is 16.9 Å². The van der Waals surface area contributed by atoms with Crippen LogP contribution in [0, 0.1) is 0 Å². The Morgan fingerprint density at radius 1 is 0.643 bits per heavy atom. The molecule has 1 heterocycles. The van der Waals surface area contributed by atoms with Crippen LogP contribution < -0.4 is 21.5 Å². The van der Waals surface area contributed by atoms with Gasteiger partial charge in [0, 0.05) is 23.1 Å². The number of hydrogen-bond acceptors (Lipinski definition) is 4. The number of benzene rings is 2. The Hall–Kier alpha value is -4.20. The van der Waals surface area contributed by atoms with Crippen LogP contribution in [0.5, 0.6) is 0 Å². The Bertz CT molecular complexity index is 960. The van der Waals surface area contributed by atoms with E-state index in [0.717, 1.165) is 0 Å². The van der Waals surface area contributed by atoms with Crippen LogP contribution in [0.3, 0.4) is 0 Å². The molecule has 0 aliphatic carbocycles. The molecule has 4 N–H and O–H groups in total. The van der Waals surface area contributed by atoms with Crippen molar-refractivity contribution in [1.29, 1.82) is 0 Å². The fraction of sp³-hybridized carbons (Fsp3) is 0. The van der Waals surface area contributed by atoms with Gasteiger partial charge in [0.2, 0.25) is 0 Å². The maximum Gasteiger partial charge on any atom is 0.337 e. The molecule has 0 radical (unpaired) electrons. The molecule has 3 rings (SSSR count). The summed E-state index contributed by atoms with van der Waals surface area (Å²) < 4.78 is 0. The SMILES string of the molecule is O=C(NNC(=O)c1ccc(NC(=O)c2ccccn2)cc1)Nc1ccccc1. The average molecular weight is 375 g/mol. The van der Waals surface area contributed by atoms with Gasteiger partial charge in [-0.1, -0.05) is 24.3 Å². The van der Waals surface area contributed by atoms with Crippen molar-refractivity contribution in [3.63, 3.8) is 0 Å². The quantitative estimate of drug-likeness (QED) is 0.525.